The number of primary amides is 1. The molecular formula is C24H32N3O4+. The predicted molar refractivity (Wildman–Crippen MR) is 118 cm³/mol. The molecule has 0 atom stereocenters. The van der Waals surface area contributed by atoms with Crippen molar-refractivity contribution in [2.75, 3.05) is 33.8 Å². The lowest BCUT2D eigenvalue weighted by Crippen LogP contribution is -3.14. The number of likely N-dealkylation sites (N-methyl/N-ethyl adjacent to an activating group) is 1. The Labute approximate surface area is 183 Å². The number of ether oxygens (including phenoxy) is 2. The number of likely N-dealkylation sites (tertiary alicyclic amines) is 1. The highest BCUT2D eigenvalue weighted by atomic mass is 16.5. The van der Waals surface area contributed by atoms with Crippen LogP contribution in [0.15, 0.2) is 48.5 Å². The molecule has 31 heavy (non-hydrogen) atoms. The number of hydrogen-bond donors (Lipinski definition) is 2. The summed E-state index contributed by atoms with van der Waals surface area (Å²) in [6, 6.07) is 15.7. The van der Waals surface area contributed by atoms with Crippen molar-refractivity contribution in [1.82, 2.24) is 4.90 Å². The summed E-state index contributed by atoms with van der Waals surface area (Å²) in [6.07, 6.45) is 1.51. The molecule has 0 radical (unpaired) electrons. The molecule has 2 aromatic carbocycles. The minimum atomic E-state index is -0.229. The molecule has 7 nitrogen and oxygen atoms in total. The van der Waals surface area contributed by atoms with Crippen molar-refractivity contribution in [3.63, 3.8) is 0 Å². The van der Waals surface area contributed by atoms with Crippen LogP contribution in [0.1, 0.15) is 24.0 Å². The summed E-state index contributed by atoms with van der Waals surface area (Å²) in [5.74, 6) is 1.12. The van der Waals surface area contributed by atoms with Crippen LogP contribution in [0.4, 0.5) is 0 Å². The van der Waals surface area contributed by atoms with E-state index in [0.29, 0.717) is 31.2 Å². The van der Waals surface area contributed by atoms with Gasteiger partial charge in [-0.1, -0.05) is 36.4 Å². The molecule has 7 heteroatoms. The second-order valence-electron chi connectivity index (χ2n) is 8.11. The van der Waals surface area contributed by atoms with Crippen molar-refractivity contribution in [1.29, 1.82) is 0 Å². The first-order valence-electron chi connectivity index (χ1n) is 10.7. The number of carbonyl (C=O) groups excluding carboxylic acids is 2. The maximum atomic E-state index is 12.7. The fourth-order valence-corrected chi connectivity index (χ4v) is 3.86. The van der Waals surface area contributed by atoms with Gasteiger partial charge in [0.25, 0.3) is 5.91 Å². The Morgan fingerprint density at radius 2 is 1.77 bits per heavy atom. The highest BCUT2D eigenvalue weighted by Gasteiger charge is 2.27. The van der Waals surface area contributed by atoms with Gasteiger partial charge >= 0.3 is 0 Å². The summed E-state index contributed by atoms with van der Waals surface area (Å²) >= 11 is 0. The van der Waals surface area contributed by atoms with Crippen LogP contribution in [0.3, 0.4) is 0 Å². The van der Waals surface area contributed by atoms with Crippen LogP contribution < -0.4 is 20.1 Å². The zero-order valence-electron chi connectivity index (χ0n) is 18.3. The quantitative estimate of drug-likeness (QED) is 0.627. The van der Waals surface area contributed by atoms with E-state index >= 15 is 0 Å². The van der Waals surface area contributed by atoms with Gasteiger partial charge in [-0.15, -0.1) is 0 Å². The van der Waals surface area contributed by atoms with E-state index in [1.807, 2.05) is 55.6 Å². The molecule has 2 amide bonds. The van der Waals surface area contributed by atoms with Crippen molar-refractivity contribution in [2.24, 2.45) is 11.7 Å². The van der Waals surface area contributed by atoms with E-state index in [9.17, 15) is 9.59 Å². The van der Waals surface area contributed by atoms with Crippen LogP contribution >= 0.6 is 0 Å². The molecular weight excluding hydrogens is 394 g/mol. The number of quaternary nitrogens is 1. The molecule has 0 saturated carbocycles. The number of methoxy groups -OCH3 is 1. The van der Waals surface area contributed by atoms with Gasteiger partial charge in [-0.2, -0.15) is 0 Å². The van der Waals surface area contributed by atoms with Crippen LogP contribution in [0, 0.1) is 5.92 Å². The second-order valence-corrected chi connectivity index (χ2v) is 8.11. The minimum absolute atomic E-state index is 0.0494. The molecule has 0 spiro atoms. The maximum absolute atomic E-state index is 12.7. The van der Waals surface area contributed by atoms with Gasteiger partial charge in [0.05, 0.1) is 20.2 Å². The first-order chi connectivity index (χ1) is 15.0. The first-order valence-corrected chi connectivity index (χ1v) is 10.7. The van der Waals surface area contributed by atoms with Crippen molar-refractivity contribution < 1.29 is 24.0 Å². The largest absolute Gasteiger partial charge is 0.493 e. The molecule has 3 N–H and O–H groups in total. The van der Waals surface area contributed by atoms with Crippen molar-refractivity contribution in [2.45, 2.75) is 26.0 Å². The average molecular weight is 427 g/mol. The first kappa shape index (κ1) is 22.6. The monoisotopic (exact) mass is 426 g/mol. The summed E-state index contributed by atoms with van der Waals surface area (Å²) in [5.41, 5.74) is 7.45. The van der Waals surface area contributed by atoms with Crippen molar-refractivity contribution in [3.8, 4) is 11.5 Å². The molecule has 1 heterocycles. The van der Waals surface area contributed by atoms with Gasteiger partial charge in [0.15, 0.2) is 18.0 Å². The Bertz CT molecular complexity index is 880. The van der Waals surface area contributed by atoms with Crippen molar-refractivity contribution >= 4 is 11.8 Å². The smallest absolute Gasteiger partial charge is 0.277 e. The maximum Gasteiger partial charge on any atom is 0.277 e. The predicted octanol–water partition coefficient (Wildman–Crippen LogP) is 1.01. The lowest BCUT2D eigenvalue weighted by Gasteiger charge is -2.28. The molecule has 1 saturated heterocycles. The lowest BCUT2D eigenvalue weighted by molar-refractivity contribution is -0.898. The zero-order valence-corrected chi connectivity index (χ0v) is 18.3. The second kappa shape index (κ2) is 10.8. The average Bonchev–Trinajstić information content (AvgIpc) is 2.79. The number of carbonyl (C=O) groups is 2. The summed E-state index contributed by atoms with van der Waals surface area (Å²) in [5, 5.41) is 0. The molecule has 2 aromatic rings. The number of nitrogens with two attached hydrogens (primary N) is 1. The van der Waals surface area contributed by atoms with E-state index in [4.69, 9.17) is 15.2 Å². The third-order valence-electron chi connectivity index (χ3n) is 5.81. The fourth-order valence-electron chi connectivity index (χ4n) is 3.86. The molecule has 1 aliphatic heterocycles. The van der Waals surface area contributed by atoms with E-state index in [0.717, 1.165) is 37.1 Å². The summed E-state index contributed by atoms with van der Waals surface area (Å²) in [4.78, 5) is 26.9. The normalized spacial score (nSPS) is 18.3. The van der Waals surface area contributed by atoms with Crippen LogP contribution in [-0.4, -0.2) is 50.5 Å². The summed E-state index contributed by atoms with van der Waals surface area (Å²) < 4.78 is 11.4. The summed E-state index contributed by atoms with van der Waals surface area (Å²) in [7, 11) is 3.42. The summed E-state index contributed by atoms with van der Waals surface area (Å²) in [6.45, 7) is 2.98. The number of amides is 2. The number of rotatable bonds is 9. The van der Waals surface area contributed by atoms with E-state index in [1.54, 1.807) is 12.0 Å². The molecule has 166 valence electrons. The number of benzene rings is 2. The van der Waals surface area contributed by atoms with Gasteiger partial charge < -0.3 is 25.0 Å². The van der Waals surface area contributed by atoms with Gasteiger partial charge in [-0.05, 0) is 23.3 Å². The van der Waals surface area contributed by atoms with E-state index < -0.39 is 0 Å². The van der Waals surface area contributed by atoms with E-state index in [2.05, 4.69) is 0 Å². The molecule has 1 aliphatic rings. The van der Waals surface area contributed by atoms with Crippen LogP contribution in [0.2, 0.25) is 0 Å². The van der Waals surface area contributed by atoms with Gasteiger partial charge in [0.1, 0.15) is 6.61 Å². The molecule has 0 bridgehead atoms. The van der Waals surface area contributed by atoms with Gasteiger partial charge in [0.2, 0.25) is 5.91 Å². The van der Waals surface area contributed by atoms with Crippen LogP contribution in [0.5, 0.6) is 11.5 Å². The Hall–Kier alpha value is -3.06. The van der Waals surface area contributed by atoms with Gasteiger partial charge in [0, 0.05) is 32.4 Å². The number of nitrogens with zero attached hydrogens (tertiary/aromatic N) is 1. The third-order valence-corrected chi connectivity index (χ3v) is 5.81. The molecule has 0 aliphatic carbocycles. The Morgan fingerprint density at radius 3 is 2.42 bits per heavy atom. The standard InChI is InChI=1S/C24H31N3O4/c1-26(23(28)16-27-12-10-20(11-13-27)24(25)29)15-19-8-9-21(22(14-19)30-2)31-17-18-6-4-3-5-7-18/h3-9,14,20H,10-13,15-17H2,1-2H3,(H2,25,29)/p+1. The lowest BCUT2D eigenvalue weighted by atomic mass is 9.96. The van der Waals surface area contributed by atoms with Crippen molar-refractivity contribution in [3.05, 3.63) is 59.7 Å². The SMILES string of the molecule is COc1cc(CN(C)C(=O)C[NH+]2CCC(C(N)=O)CC2)ccc1OCc1ccccc1. The third kappa shape index (κ3) is 6.46. The molecule has 0 aromatic heterocycles. The molecule has 3 rings (SSSR count). The van der Waals surface area contributed by atoms with Crippen LogP contribution in [-0.2, 0) is 22.7 Å². The minimum Gasteiger partial charge on any atom is -0.493 e. The van der Waals surface area contributed by atoms with E-state index in [-0.39, 0.29) is 17.7 Å². The highest BCUT2D eigenvalue weighted by molar-refractivity contribution is 5.77. The Kier molecular flexibility index (Phi) is 7.89. The Morgan fingerprint density at radius 1 is 1.06 bits per heavy atom. The topological polar surface area (TPSA) is 86.3 Å². The van der Waals surface area contributed by atoms with Gasteiger partial charge in [-0.3, -0.25) is 9.59 Å². The molecule has 1 fully saturated rings. The highest BCUT2D eigenvalue weighted by Crippen LogP contribution is 2.29. The number of hydrogen-bond acceptors (Lipinski definition) is 4. The number of piperidine rings is 1. The fraction of sp³-hybridized carbons (Fsp3) is 0.417. The van der Waals surface area contributed by atoms with Crippen LogP contribution in [0.25, 0.3) is 0 Å². The number of nitrogens with one attached hydrogen (secondary N) is 1. The van der Waals surface area contributed by atoms with E-state index in [1.165, 1.54) is 4.90 Å². The Balaban J connectivity index is 1.52. The zero-order chi connectivity index (χ0) is 22.2. The molecule has 0 unspecified atom stereocenters. The van der Waals surface area contributed by atoms with Gasteiger partial charge in [-0.25, -0.2) is 0 Å².